The van der Waals surface area contributed by atoms with E-state index >= 15 is 0 Å². The Bertz CT molecular complexity index is 359. The van der Waals surface area contributed by atoms with E-state index in [0.29, 0.717) is 5.92 Å². The molecule has 0 aliphatic carbocycles. The van der Waals surface area contributed by atoms with Crippen LogP contribution in [0.3, 0.4) is 0 Å². The fraction of sp³-hybridized carbons (Fsp3) is 0.538. The van der Waals surface area contributed by atoms with Crippen molar-refractivity contribution >= 4 is 0 Å². The second-order valence-corrected chi connectivity index (χ2v) is 4.35. The van der Waals surface area contributed by atoms with Crippen LogP contribution in [-0.2, 0) is 0 Å². The van der Waals surface area contributed by atoms with Crippen molar-refractivity contribution in [1.82, 2.24) is 5.32 Å². The van der Waals surface area contributed by atoms with E-state index in [0.717, 1.165) is 30.2 Å². The summed E-state index contributed by atoms with van der Waals surface area (Å²) in [4.78, 5) is 0. The minimum atomic E-state index is 0.206. The zero-order chi connectivity index (χ0) is 12.3. The second-order valence-electron chi connectivity index (χ2n) is 4.35. The maximum absolute atomic E-state index is 9.35. The van der Waals surface area contributed by atoms with E-state index in [9.17, 15) is 5.11 Å². The summed E-state index contributed by atoms with van der Waals surface area (Å²) in [5, 5.41) is 12.7. The maximum atomic E-state index is 9.35. The zero-order valence-corrected chi connectivity index (χ0v) is 10.3. The third-order valence-electron chi connectivity index (χ3n) is 3.38. The Kier molecular flexibility index (Phi) is 3.86. The first kappa shape index (κ1) is 12.2. The number of hydrogen-bond donors (Lipinski definition) is 2. The van der Waals surface area contributed by atoms with Gasteiger partial charge in [-0.15, -0.1) is 0 Å². The van der Waals surface area contributed by atoms with Gasteiger partial charge in [0.25, 0.3) is 0 Å². The van der Waals surface area contributed by atoms with Crippen LogP contribution in [0.5, 0.6) is 11.5 Å². The van der Waals surface area contributed by atoms with Crippen LogP contribution in [0.4, 0.5) is 0 Å². The molecule has 1 saturated heterocycles. The van der Waals surface area contributed by atoms with E-state index in [1.807, 2.05) is 18.2 Å². The SMILES string of the molecule is COc1cc(OC)cc(C2CNCC2CO)c1. The number of hydrogen-bond acceptors (Lipinski definition) is 4. The third kappa shape index (κ3) is 2.53. The Labute approximate surface area is 102 Å². The lowest BCUT2D eigenvalue weighted by atomic mass is 9.89. The molecule has 0 bridgehead atoms. The van der Waals surface area contributed by atoms with Gasteiger partial charge in [-0.25, -0.2) is 0 Å². The Balaban J connectivity index is 2.30. The Morgan fingerprint density at radius 1 is 1.18 bits per heavy atom. The molecular weight excluding hydrogens is 218 g/mol. The molecule has 0 amide bonds. The molecule has 2 rings (SSSR count). The van der Waals surface area contributed by atoms with Crippen molar-refractivity contribution in [2.75, 3.05) is 33.9 Å². The average molecular weight is 237 g/mol. The zero-order valence-electron chi connectivity index (χ0n) is 10.3. The number of aliphatic hydroxyl groups is 1. The molecule has 2 N–H and O–H groups in total. The van der Waals surface area contributed by atoms with E-state index in [2.05, 4.69) is 5.32 Å². The van der Waals surface area contributed by atoms with Crippen LogP contribution in [0.15, 0.2) is 18.2 Å². The Hall–Kier alpha value is -1.26. The number of aliphatic hydroxyl groups excluding tert-OH is 1. The number of rotatable bonds is 4. The van der Waals surface area contributed by atoms with E-state index < -0.39 is 0 Å². The molecule has 2 atom stereocenters. The first-order valence-electron chi connectivity index (χ1n) is 5.83. The summed E-state index contributed by atoms with van der Waals surface area (Å²) in [6.07, 6.45) is 0. The number of methoxy groups -OCH3 is 2. The largest absolute Gasteiger partial charge is 0.497 e. The van der Waals surface area contributed by atoms with Gasteiger partial charge in [0.1, 0.15) is 11.5 Å². The standard InChI is InChI=1S/C13H19NO3/c1-16-11-3-9(4-12(5-11)17-2)13-7-14-6-10(13)8-15/h3-5,10,13-15H,6-8H2,1-2H3. The molecule has 1 fully saturated rings. The molecule has 4 heteroatoms. The lowest BCUT2D eigenvalue weighted by molar-refractivity contribution is 0.226. The first-order chi connectivity index (χ1) is 8.28. The summed E-state index contributed by atoms with van der Waals surface area (Å²) in [7, 11) is 3.30. The van der Waals surface area contributed by atoms with Gasteiger partial charge in [-0.3, -0.25) is 0 Å². The van der Waals surface area contributed by atoms with Crippen molar-refractivity contribution in [3.8, 4) is 11.5 Å². The highest BCUT2D eigenvalue weighted by molar-refractivity contribution is 5.40. The van der Waals surface area contributed by atoms with E-state index in [-0.39, 0.29) is 12.5 Å². The van der Waals surface area contributed by atoms with Gasteiger partial charge < -0.3 is 19.9 Å². The minimum Gasteiger partial charge on any atom is -0.497 e. The molecule has 1 aromatic carbocycles. The van der Waals surface area contributed by atoms with Crippen LogP contribution in [-0.4, -0.2) is 39.0 Å². The Morgan fingerprint density at radius 2 is 1.82 bits per heavy atom. The van der Waals surface area contributed by atoms with Gasteiger partial charge in [-0.2, -0.15) is 0 Å². The monoisotopic (exact) mass is 237 g/mol. The van der Waals surface area contributed by atoms with Gasteiger partial charge >= 0.3 is 0 Å². The summed E-state index contributed by atoms with van der Waals surface area (Å²) < 4.78 is 10.5. The van der Waals surface area contributed by atoms with Crippen molar-refractivity contribution in [2.24, 2.45) is 5.92 Å². The van der Waals surface area contributed by atoms with Gasteiger partial charge in [-0.1, -0.05) is 0 Å². The number of benzene rings is 1. The van der Waals surface area contributed by atoms with E-state index in [1.54, 1.807) is 14.2 Å². The highest BCUT2D eigenvalue weighted by atomic mass is 16.5. The van der Waals surface area contributed by atoms with Gasteiger partial charge in [0.2, 0.25) is 0 Å². The van der Waals surface area contributed by atoms with E-state index in [4.69, 9.17) is 9.47 Å². The van der Waals surface area contributed by atoms with Crippen molar-refractivity contribution < 1.29 is 14.6 Å². The van der Waals surface area contributed by atoms with Crippen LogP contribution in [0.2, 0.25) is 0 Å². The summed E-state index contributed by atoms with van der Waals surface area (Å²) in [6, 6.07) is 5.89. The molecule has 0 aromatic heterocycles. The van der Waals surface area contributed by atoms with Gasteiger partial charge in [0.05, 0.1) is 14.2 Å². The highest BCUT2D eigenvalue weighted by Gasteiger charge is 2.28. The van der Waals surface area contributed by atoms with Crippen LogP contribution in [0.25, 0.3) is 0 Å². The van der Waals surface area contributed by atoms with Crippen LogP contribution in [0.1, 0.15) is 11.5 Å². The minimum absolute atomic E-state index is 0.206. The quantitative estimate of drug-likeness (QED) is 0.820. The van der Waals surface area contributed by atoms with Gasteiger partial charge in [-0.05, 0) is 17.7 Å². The van der Waals surface area contributed by atoms with Crippen LogP contribution in [0, 0.1) is 5.92 Å². The van der Waals surface area contributed by atoms with Crippen LogP contribution < -0.4 is 14.8 Å². The molecule has 17 heavy (non-hydrogen) atoms. The second kappa shape index (κ2) is 5.38. The summed E-state index contributed by atoms with van der Waals surface area (Å²) >= 11 is 0. The average Bonchev–Trinajstić information content (AvgIpc) is 2.86. The van der Waals surface area contributed by atoms with E-state index in [1.165, 1.54) is 0 Å². The Morgan fingerprint density at radius 3 is 2.35 bits per heavy atom. The topological polar surface area (TPSA) is 50.7 Å². The lowest BCUT2D eigenvalue weighted by Gasteiger charge is -2.18. The van der Waals surface area contributed by atoms with Crippen LogP contribution >= 0.6 is 0 Å². The first-order valence-corrected chi connectivity index (χ1v) is 5.83. The molecule has 1 aliphatic heterocycles. The number of nitrogens with one attached hydrogen (secondary N) is 1. The maximum Gasteiger partial charge on any atom is 0.122 e. The molecule has 1 aliphatic rings. The fourth-order valence-electron chi connectivity index (χ4n) is 2.36. The lowest BCUT2D eigenvalue weighted by Crippen LogP contribution is -2.15. The van der Waals surface area contributed by atoms with Gasteiger partial charge in [0.15, 0.2) is 0 Å². The predicted octanol–water partition coefficient (Wildman–Crippen LogP) is 0.999. The molecule has 0 radical (unpaired) electrons. The number of ether oxygens (including phenoxy) is 2. The third-order valence-corrected chi connectivity index (χ3v) is 3.38. The smallest absolute Gasteiger partial charge is 0.122 e. The molecule has 1 aromatic rings. The molecule has 0 saturated carbocycles. The van der Waals surface area contributed by atoms with Crippen molar-refractivity contribution in [3.05, 3.63) is 23.8 Å². The normalized spacial score (nSPS) is 23.7. The summed E-state index contributed by atoms with van der Waals surface area (Å²) in [5.74, 6) is 2.18. The molecular formula is C13H19NO3. The molecule has 2 unspecified atom stereocenters. The summed E-state index contributed by atoms with van der Waals surface area (Å²) in [6.45, 7) is 1.96. The van der Waals surface area contributed by atoms with Crippen molar-refractivity contribution in [2.45, 2.75) is 5.92 Å². The fourth-order valence-corrected chi connectivity index (χ4v) is 2.36. The van der Waals surface area contributed by atoms with Crippen molar-refractivity contribution in [1.29, 1.82) is 0 Å². The molecule has 94 valence electrons. The highest BCUT2D eigenvalue weighted by Crippen LogP contribution is 2.33. The van der Waals surface area contributed by atoms with Gasteiger partial charge in [0, 0.05) is 37.6 Å². The molecule has 4 nitrogen and oxygen atoms in total. The summed E-state index contributed by atoms with van der Waals surface area (Å²) in [5.41, 5.74) is 1.16. The van der Waals surface area contributed by atoms with Crippen molar-refractivity contribution in [3.63, 3.8) is 0 Å². The predicted molar refractivity (Wildman–Crippen MR) is 65.7 cm³/mol. The molecule has 1 heterocycles. The molecule has 0 spiro atoms.